The second-order valence-corrected chi connectivity index (χ2v) is 5.64. The van der Waals surface area contributed by atoms with Crippen molar-refractivity contribution in [3.05, 3.63) is 29.8 Å². The Hall–Kier alpha value is -0.970. The van der Waals surface area contributed by atoms with Crippen LogP contribution in [-0.2, 0) is 9.84 Å². The van der Waals surface area contributed by atoms with Crippen molar-refractivity contribution in [3.63, 3.8) is 0 Å². The molecule has 2 nitrogen and oxygen atoms in total. The van der Waals surface area contributed by atoms with Crippen molar-refractivity contribution in [1.82, 2.24) is 0 Å². The summed E-state index contributed by atoms with van der Waals surface area (Å²) in [5.74, 6) is -1.68. The lowest BCUT2D eigenvalue weighted by Crippen LogP contribution is -2.15. The van der Waals surface area contributed by atoms with E-state index >= 15 is 0 Å². The molecule has 0 spiro atoms. The Morgan fingerprint density at radius 1 is 1.21 bits per heavy atom. The quantitative estimate of drug-likeness (QED) is 0.765. The molecule has 0 fully saturated rings. The van der Waals surface area contributed by atoms with Crippen LogP contribution < -0.4 is 0 Å². The lowest BCUT2D eigenvalue weighted by atomic mass is 10.3. The summed E-state index contributed by atoms with van der Waals surface area (Å²) in [5, 5.41) is -0.765. The maximum Gasteiger partial charge on any atom is 0.183 e. The summed E-state index contributed by atoms with van der Waals surface area (Å²) in [6, 6.07) is 2.39. The Labute approximate surface area is 81.5 Å². The Kier molecular flexibility index (Phi) is 2.89. The number of rotatable bonds is 2. The van der Waals surface area contributed by atoms with Crippen LogP contribution in [0, 0.1) is 11.6 Å². The maximum atomic E-state index is 13.1. The van der Waals surface area contributed by atoms with Gasteiger partial charge in [0.15, 0.2) is 9.84 Å². The fraction of sp³-hybridized carbons (Fsp3) is 0.333. The molecule has 5 heteroatoms. The minimum atomic E-state index is -3.75. The van der Waals surface area contributed by atoms with Gasteiger partial charge in [-0.05, 0) is 32.0 Å². The molecule has 0 aliphatic heterocycles. The van der Waals surface area contributed by atoms with Gasteiger partial charge in [-0.3, -0.25) is 0 Å². The minimum Gasteiger partial charge on any atom is -0.223 e. The van der Waals surface area contributed by atoms with E-state index in [1.54, 1.807) is 0 Å². The molecule has 0 bridgehead atoms. The highest BCUT2D eigenvalue weighted by molar-refractivity contribution is 7.92. The van der Waals surface area contributed by atoms with Crippen LogP contribution in [0.3, 0.4) is 0 Å². The molecular weight excluding hydrogens is 210 g/mol. The van der Waals surface area contributed by atoms with Gasteiger partial charge < -0.3 is 0 Å². The van der Waals surface area contributed by atoms with Gasteiger partial charge in [-0.25, -0.2) is 17.2 Å². The topological polar surface area (TPSA) is 34.1 Å². The Bertz CT molecular complexity index is 438. The standard InChI is InChI=1S/C9H10F2O2S/c1-6(2)14(12,13)9-5-7(10)3-4-8(9)11/h3-6H,1-2H3. The van der Waals surface area contributed by atoms with Crippen LogP contribution in [-0.4, -0.2) is 13.7 Å². The average molecular weight is 220 g/mol. The van der Waals surface area contributed by atoms with Crippen molar-refractivity contribution in [2.24, 2.45) is 0 Å². The fourth-order valence-corrected chi connectivity index (χ4v) is 2.07. The molecule has 0 aliphatic carbocycles. The predicted molar refractivity (Wildman–Crippen MR) is 48.7 cm³/mol. The molecule has 0 radical (unpaired) electrons. The van der Waals surface area contributed by atoms with E-state index in [1.165, 1.54) is 13.8 Å². The van der Waals surface area contributed by atoms with E-state index in [0.717, 1.165) is 12.1 Å². The number of hydrogen-bond donors (Lipinski definition) is 0. The lowest BCUT2D eigenvalue weighted by molar-refractivity contribution is 0.549. The van der Waals surface area contributed by atoms with Crippen LogP contribution >= 0.6 is 0 Å². The van der Waals surface area contributed by atoms with Crippen molar-refractivity contribution >= 4 is 9.84 Å². The summed E-state index contributed by atoms with van der Waals surface area (Å²) in [7, 11) is -3.75. The van der Waals surface area contributed by atoms with Gasteiger partial charge in [-0.2, -0.15) is 0 Å². The van der Waals surface area contributed by atoms with Crippen molar-refractivity contribution < 1.29 is 17.2 Å². The minimum absolute atomic E-state index is 0.576. The first-order valence-electron chi connectivity index (χ1n) is 4.04. The van der Waals surface area contributed by atoms with Crippen LogP contribution in [0.25, 0.3) is 0 Å². The molecule has 0 amide bonds. The molecule has 0 saturated carbocycles. The second-order valence-electron chi connectivity index (χ2n) is 3.17. The van der Waals surface area contributed by atoms with Crippen LogP contribution in [0.4, 0.5) is 8.78 Å². The van der Waals surface area contributed by atoms with Gasteiger partial charge in [0.2, 0.25) is 0 Å². The van der Waals surface area contributed by atoms with E-state index in [4.69, 9.17) is 0 Å². The molecule has 14 heavy (non-hydrogen) atoms. The van der Waals surface area contributed by atoms with E-state index in [-0.39, 0.29) is 0 Å². The van der Waals surface area contributed by atoms with Gasteiger partial charge in [0.05, 0.1) is 5.25 Å². The summed E-state index contributed by atoms with van der Waals surface area (Å²) in [4.78, 5) is -0.576. The van der Waals surface area contributed by atoms with Crippen LogP contribution in [0.5, 0.6) is 0 Å². The highest BCUT2D eigenvalue weighted by atomic mass is 32.2. The van der Waals surface area contributed by atoms with E-state index < -0.39 is 31.6 Å². The predicted octanol–water partition coefficient (Wildman–Crippen LogP) is 2.15. The van der Waals surface area contributed by atoms with Gasteiger partial charge in [0.25, 0.3) is 0 Å². The Balaban J connectivity index is 3.40. The summed E-state index contributed by atoms with van der Waals surface area (Å²) in [6.45, 7) is 2.83. The highest BCUT2D eigenvalue weighted by Gasteiger charge is 2.23. The molecule has 0 unspecified atom stereocenters. The van der Waals surface area contributed by atoms with Gasteiger partial charge in [0.1, 0.15) is 16.5 Å². The van der Waals surface area contributed by atoms with Gasteiger partial charge >= 0.3 is 0 Å². The van der Waals surface area contributed by atoms with Crippen LogP contribution in [0.1, 0.15) is 13.8 Å². The molecule has 0 N–H and O–H groups in total. The number of benzene rings is 1. The highest BCUT2D eigenvalue weighted by Crippen LogP contribution is 2.20. The zero-order chi connectivity index (χ0) is 10.9. The first kappa shape index (κ1) is 11.1. The monoisotopic (exact) mass is 220 g/mol. The van der Waals surface area contributed by atoms with Gasteiger partial charge in [0, 0.05) is 0 Å². The van der Waals surface area contributed by atoms with Crippen LogP contribution in [0.2, 0.25) is 0 Å². The maximum absolute atomic E-state index is 13.1. The van der Waals surface area contributed by atoms with E-state index in [0.29, 0.717) is 6.07 Å². The smallest absolute Gasteiger partial charge is 0.183 e. The molecule has 1 aromatic carbocycles. The van der Waals surface area contributed by atoms with E-state index in [9.17, 15) is 17.2 Å². The summed E-state index contributed by atoms with van der Waals surface area (Å²) >= 11 is 0. The SMILES string of the molecule is CC(C)S(=O)(=O)c1cc(F)ccc1F. The molecule has 0 aromatic heterocycles. The summed E-state index contributed by atoms with van der Waals surface area (Å²) < 4.78 is 48.8. The summed E-state index contributed by atoms with van der Waals surface area (Å²) in [5.41, 5.74) is 0. The molecule has 1 aromatic rings. The Morgan fingerprint density at radius 3 is 2.29 bits per heavy atom. The fourth-order valence-electron chi connectivity index (χ4n) is 0.949. The molecule has 78 valence electrons. The first-order chi connectivity index (χ1) is 6.35. The average Bonchev–Trinajstić information content (AvgIpc) is 2.08. The molecule has 0 aliphatic rings. The third-order valence-electron chi connectivity index (χ3n) is 1.82. The Morgan fingerprint density at radius 2 is 1.79 bits per heavy atom. The van der Waals surface area contributed by atoms with Crippen molar-refractivity contribution in [1.29, 1.82) is 0 Å². The number of sulfone groups is 1. The molecule has 1 rings (SSSR count). The third-order valence-corrected chi connectivity index (χ3v) is 3.99. The largest absolute Gasteiger partial charge is 0.223 e. The zero-order valence-electron chi connectivity index (χ0n) is 7.79. The number of halogens is 2. The second kappa shape index (κ2) is 3.65. The van der Waals surface area contributed by atoms with Crippen LogP contribution in [0.15, 0.2) is 23.1 Å². The molecule has 0 heterocycles. The summed E-state index contributed by atoms with van der Waals surface area (Å²) in [6.07, 6.45) is 0. The normalized spacial score (nSPS) is 12.1. The van der Waals surface area contributed by atoms with Crippen molar-refractivity contribution in [2.45, 2.75) is 24.0 Å². The first-order valence-corrected chi connectivity index (χ1v) is 5.59. The van der Waals surface area contributed by atoms with Crippen molar-refractivity contribution in [3.8, 4) is 0 Å². The van der Waals surface area contributed by atoms with Gasteiger partial charge in [-0.15, -0.1) is 0 Å². The van der Waals surface area contributed by atoms with E-state index in [2.05, 4.69) is 0 Å². The molecule has 0 atom stereocenters. The molecular formula is C9H10F2O2S. The third kappa shape index (κ3) is 1.92. The van der Waals surface area contributed by atoms with E-state index in [1.807, 2.05) is 0 Å². The number of hydrogen-bond acceptors (Lipinski definition) is 2. The van der Waals surface area contributed by atoms with Crippen molar-refractivity contribution in [2.75, 3.05) is 0 Å². The lowest BCUT2D eigenvalue weighted by Gasteiger charge is -2.08. The molecule has 0 saturated heterocycles. The van der Waals surface area contributed by atoms with Gasteiger partial charge in [-0.1, -0.05) is 0 Å². The zero-order valence-corrected chi connectivity index (χ0v) is 8.61.